The maximum Gasteiger partial charge on any atom is 0.229 e. The Labute approximate surface area is 126 Å². The van der Waals surface area contributed by atoms with E-state index in [0.29, 0.717) is 5.82 Å². The van der Waals surface area contributed by atoms with E-state index in [9.17, 15) is 4.79 Å². The molecule has 1 amide bonds. The van der Waals surface area contributed by atoms with Crippen LogP contribution >= 0.6 is 15.9 Å². The maximum atomic E-state index is 12.0. The highest BCUT2D eigenvalue weighted by Gasteiger charge is 2.08. The Balaban J connectivity index is 2.05. The van der Waals surface area contributed by atoms with Crippen molar-refractivity contribution in [2.75, 3.05) is 12.4 Å². The number of carbonyl (C=O) groups is 1. The van der Waals surface area contributed by atoms with Crippen molar-refractivity contribution in [3.63, 3.8) is 0 Å². The molecule has 1 N–H and O–H groups in total. The molecule has 2 aromatic rings. The van der Waals surface area contributed by atoms with Crippen molar-refractivity contribution in [2.45, 2.75) is 13.3 Å². The molecule has 1 aromatic carbocycles. The standard InChI is InChI=1S/C15H15BrN2O2/c1-10-6-12(16)9-17-15(10)18-14(19)8-11-4-3-5-13(7-11)20-2/h3-7,9H,8H2,1-2H3,(H,17,18,19). The fraction of sp³-hybridized carbons (Fsp3) is 0.200. The van der Waals surface area contributed by atoms with Crippen LogP contribution in [0.15, 0.2) is 41.0 Å². The van der Waals surface area contributed by atoms with E-state index in [-0.39, 0.29) is 12.3 Å². The second-order valence-electron chi connectivity index (χ2n) is 4.40. The molecule has 0 aliphatic carbocycles. The molecular weight excluding hydrogens is 320 g/mol. The number of anilines is 1. The fourth-order valence-corrected chi connectivity index (χ4v) is 2.26. The van der Waals surface area contributed by atoms with E-state index in [4.69, 9.17) is 4.74 Å². The number of hydrogen-bond acceptors (Lipinski definition) is 3. The van der Waals surface area contributed by atoms with Crippen molar-refractivity contribution in [1.82, 2.24) is 4.98 Å². The summed E-state index contributed by atoms with van der Waals surface area (Å²) in [6.45, 7) is 1.90. The Morgan fingerprint density at radius 1 is 1.40 bits per heavy atom. The lowest BCUT2D eigenvalue weighted by Crippen LogP contribution is -2.16. The van der Waals surface area contributed by atoms with E-state index in [1.54, 1.807) is 13.3 Å². The van der Waals surface area contributed by atoms with Gasteiger partial charge in [0.2, 0.25) is 5.91 Å². The molecule has 0 saturated carbocycles. The third-order valence-corrected chi connectivity index (χ3v) is 3.24. The van der Waals surface area contributed by atoms with Crippen LogP contribution in [0.2, 0.25) is 0 Å². The first-order valence-electron chi connectivity index (χ1n) is 6.13. The van der Waals surface area contributed by atoms with Crippen LogP contribution in [0.5, 0.6) is 5.75 Å². The second-order valence-corrected chi connectivity index (χ2v) is 5.31. The number of aromatic nitrogens is 1. The van der Waals surface area contributed by atoms with Gasteiger partial charge in [0, 0.05) is 10.7 Å². The average molecular weight is 335 g/mol. The van der Waals surface area contributed by atoms with E-state index >= 15 is 0 Å². The monoisotopic (exact) mass is 334 g/mol. The van der Waals surface area contributed by atoms with Crippen LogP contribution in [0.4, 0.5) is 5.82 Å². The van der Waals surface area contributed by atoms with Crippen molar-refractivity contribution in [3.05, 3.63) is 52.1 Å². The number of hydrogen-bond donors (Lipinski definition) is 1. The summed E-state index contributed by atoms with van der Waals surface area (Å²) in [4.78, 5) is 16.2. The minimum atomic E-state index is -0.101. The fourth-order valence-electron chi connectivity index (χ4n) is 1.82. The normalized spacial score (nSPS) is 10.2. The van der Waals surface area contributed by atoms with Gasteiger partial charge >= 0.3 is 0 Å². The molecule has 0 atom stereocenters. The van der Waals surface area contributed by atoms with Crippen molar-refractivity contribution in [3.8, 4) is 5.75 Å². The van der Waals surface area contributed by atoms with E-state index in [2.05, 4.69) is 26.2 Å². The maximum absolute atomic E-state index is 12.0. The number of methoxy groups -OCH3 is 1. The first-order chi connectivity index (χ1) is 9.58. The lowest BCUT2D eigenvalue weighted by Gasteiger charge is -2.08. The number of pyridine rings is 1. The van der Waals surface area contributed by atoms with Gasteiger partial charge in [0.05, 0.1) is 13.5 Å². The van der Waals surface area contributed by atoms with Gasteiger partial charge in [-0.05, 0) is 52.2 Å². The molecule has 4 nitrogen and oxygen atoms in total. The van der Waals surface area contributed by atoms with Gasteiger partial charge in [-0.25, -0.2) is 4.98 Å². The molecule has 1 heterocycles. The lowest BCUT2D eigenvalue weighted by atomic mass is 10.1. The SMILES string of the molecule is COc1cccc(CC(=O)Nc2ncc(Br)cc2C)c1. The van der Waals surface area contributed by atoms with Crippen LogP contribution in [-0.4, -0.2) is 18.0 Å². The first-order valence-corrected chi connectivity index (χ1v) is 6.92. The highest BCUT2D eigenvalue weighted by molar-refractivity contribution is 9.10. The minimum Gasteiger partial charge on any atom is -0.497 e. The van der Waals surface area contributed by atoms with Gasteiger partial charge in [-0.3, -0.25) is 4.79 Å². The zero-order valence-corrected chi connectivity index (χ0v) is 12.9. The quantitative estimate of drug-likeness (QED) is 0.932. The summed E-state index contributed by atoms with van der Waals surface area (Å²) in [7, 11) is 1.61. The zero-order chi connectivity index (χ0) is 14.5. The third kappa shape index (κ3) is 3.81. The molecule has 0 radical (unpaired) electrons. The van der Waals surface area contributed by atoms with Crippen LogP contribution in [-0.2, 0) is 11.2 Å². The van der Waals surface area contributed by atoms with Gasteiger partial charge in [0.15, 0.2) is 0 Å². The molecule has 0 fully saturated rings. The van der Waals surface area contributed by atoms with Gasteiger partial charge in [-0.15, -0.1) is 0 Å². The molecule has 0 bridgehead atoms. The number of nitrogens with one attached hydrogen (secondary N) is 1. The predicted molar refractivity (Wildman–Crippen MR) is 82.0 cm³/mol. The van der Waals surface area contributed by atoms with Crippen LogP contribution in [0.3, 0.4) is 0 Å². The summed E-state index contributed by atoms with van der Waals surface area (Å²) in [5, 5.41) is 2.81. The number of rotatable bonds is 4. The summed E-state index contributed by atoms with van der Waals surface area (Å²) in [6.07, 6.45) is 1.95. The Morgan fingerprint density at radius 2 is 2.20 bits per heavy atom. The predicted octanol–water partition coefficient (Wildman–Crippen LogP) is 3.34. The van der Waals surface area contributed by atoms with Gasteiger partial charge in [-0.2, -0.15) is 0 Å². The van der Waals surface area contributed by atoms with Crippen LogP contribution in [0.1, 0.15) is 11.1 Å². The smallest absolute Gasteiger partial charge is 0.229 e. The third-order valence-electron chi connectivity index (χ3n) is 2.80. The molecule has 5 heteroatoms. The Bertz CT molecular complexity index is 629. The number of amides is 1. The largest absolute Gasteiger partial charge is 0.497 e. The number of halogens is 1. The molecule has 0 unspecified atom stereocenters. The summed E-state index contributed by atoms with van der Waals surface area (Å²) < 4.78 is 6.03. The van der Waals surface area contributed by atoms with Gasteiger partial charge in [-0.1, -0.05) is 12.1 Å². The van der Waals surface area contributed by atoms with Gasteiger partial charge in [0.25, 0.3) is 0 Å². The molecule has 0 spiro atoms. The van der Waals surface area contributed by atoms with Crippen LogP contribution < -0.4 is 10.1 Å². The number of aryl methyl sites for hydroxylation is 1. The zero-order valence-electron chi connectivity index (χ0n) is 11.3. The van der Waals surface area contributed by atoms with Crippen molar-refractivity contribution < 1.29 is 9.53 Å². The van der Waals surface area contributed by atoms with Crippen LogP contribution in [0, 0.1) is 6.92 Å². The Hall–Kier alpha value is -1.88. The summed E-state index contributed by atoms with van der Waals surface area (Å²) in [5.74, 6) is 1.23. The van der Waals surface area contributed by atoms with E-state index < -0.39 is 0 Å². The summed E-state index contributed by atoms with van der Waals surface area (Å²) in [6, 6.07) is 9.37. The van der Waals surface area contributed by atoms with Crippen molar-refractivity contribution in [2.24, 2.45) is 0 Å². The van der Waals surface area contributed by atoms with E-state index in [1.807, 2.05) is 37.3 Å². The molecule has 0 aliphatic rings. The van der Waals surface area contributed by atoms with Crippen molar-refractivity contribution >= 4 is 27.7 Å². The topological polar surface area (TPSA) is 51.2 Å². The molecule has 1 aromatic heterocycles. The first kappa shape index (κ1) is 14.5. The van der Waals surface area contributed by atoms with E-state index in [0.717, 1.165) is 21.3 Å². The average Bonchev–Trinajstić information content (AvgIpc) is 2.42. The van der Waals surface area contributed by atoms with Crippen LogP contribution in [0.25, 0.3) is 0 Å². The lowest BCUT2D eigenvalue weighted by molar-refractivity contribution is -0.115. The Kier molecular flexibility index (Phi) is 4.74. The van der Waals surface area contributed by atoms with Gasteiger partial charge < -0.3 is 10.1 Å². The summed E-state index contributed by atoms with van der Waals surface area (Å²) >= 11 is 3.34. The molecule has 104 valence electrons. The van der Waals surface area contributed by atoms with E-state index in [1.165, 1.54) is 0 Å². The Morgan fingerprint density at radius 3 is 2.90 bits per heavy atom. The minimum absolute atomic E-state index is 0.101. The van der Waals surface area contributed by atoms with Crippen molar-refractivity contribution in [1.29, 1.82) is 0 Å². The number of carbonyl (C=O) groups excluding carboxylic acids is 1. The molecular formula is C15H15BrN2O2. The molecule has 0 saturated heterocycles. The summed E-state index contributed by atoms with van der Waals surface area (Å²) in [5.41, 5.74) is 1.81. The molecule has 2 rings (SSSR count). The molecule has 20 heavy (non-hydrogen) atoms. The number of nitrogens with zero attached hydrogens (tertiary/aromatic N) is 1. The number of benzene rings is 1. The highest BCUT2D eigenvalue weighted by atomic mass is 79.9. The number of ether oxygens (including phenoxy) is 1. The van der Waals surface area contributed by atoms with Gasteiger partial charge in [0.1, 0.15) is 11.6 Å². The second kappa shape index (κ2) is 6.52. The molecule has 0 aliphatic heterocycles. The highest BCUT2D eigenvalue weighted by Crippen LogP contribution is 2.17.